The van der Waals surface area contributed by atoms with E-state index in [0.29, 0.717) is 5.56 Å². The van der Waals surface area contributed by atoms with Gasteiger partial charge in [0, 0.05) is 24.9 Å². The maximum atomic E-state index is 9.03. The summed E-state index contributed by atoms with van der Waals surface area (Å²) in [4.78, 5) is 4.55. The molecule has 0 aliphatic carbocycles. The molecule has 0 bridgehead atoms. The van der Waals surface area contributed by atoms with Crippen molar-refractivity contribution in [2.45, 2.75) is 25.3 Å². The van der Waals surface area contributed by atoms with E-state index in [9.17, 15) is 0 Å². The van der Waals surface area contributed by atoms with Crippen LogP contribution in [-0.4, -0.2) is 33.4 Å². The number of rotatable bonds is 3. The van der Waals surface area contributed by atoms with Crippen LogP contribution in [0.3, 0.4) is 0 Å². The lowest BCUT2D eigenvalue weighted by molar-refractivity contribution is 0.0658. The molecule has 4 heterocycles. The van der Waals surface area contributed by atoms with Crippen LogP contribution in [0.25, 0.3) is 16.9 Å². The summed E-state index contributed by atoms with van der Waals surface area (Å²) in [7, 11) is 0. The van der Waals surface area contributed by atoms with Crippen molar-refractivity contribution in [2.75, 3.05) is 18.5 Å². The number of ether oxygens (including phenoxy) is 1. The quantitative estimate of drug-likeness (QED) is 0.704. The van der Waals surface area contributed by atoms with Crippen molar-refractivity contribution in [3.63, 3.8) is 0 Å². The summed E-state index contributed by atoms with van der Waals surface area (Å²) in [5, 5.41) is 17.1. The predicted octanol–water partition coefficient (Wildman–Crippen LogP) is 4.01. The summed E-state index contributed by atoms with van der Waals surface area (Å²) in [6.07, 6.45) is 5.30. The molecule has 4 rings (SSSR count). The van der Waals surface area contributed by atoms with Crippen LogP contribution in [0.4, 0.5) is 5.69 Å². The fourth-order valence-corrected chi connectivity index (χ4v) is 3.52. The van der Waals surface area contributed by atoms with Gasteiger partial charge < -0.3 is 10.1 Å². The van der Waals surface area contributed by atoms with Crippen LogP contribution in [0.5, 0.6) is 0 Å². The van der Waals surface area contributed by atoms with Crippen LogP contribution >= 0.6 is 15.9 Å². The maximum absolute atomic E-state index is 9.03. The van der Waals surface area contributed by atoms with Gasteiger partial charge in [0.1, 0.15) is 6.07 Å². The predicted molar refractivity (Wildman–Crippen MR) is 103 cm³/mol. The number of nitrogens with one attached hydrogen (secondary N) is 1. The first-order chi connectivity index (χ1) is 12.6. The highest BCUT2D eigenvalue weighted by atomic mass is 79.9. The van der Waals surface area contributed by atoms with E-state index < -0.39 is 0 Å². The minimum absolute atomic E-state index is 0.000568. The highest BCUT2D eigenvalue weighted by molar-refractivity contribution is 9.10. The number of hydrogen-bond acceptors (Lipinski definition) is 5. The van der Waals surface area contributed by atoms with Crippen molar-refractivity contribution >= 4 is 27.1 Å². The molecule has 1 aliphatic rings. The molecular weight excluding hydrogens is 394 g/mol. The van der Waals surface area contributed by atoms with Crippen molar-refractivity contribution in [2.24, 2.45) is 0 Å². The summed E-state index contributed by atoms with van der Waals surface area (Å²) < 4.78 is 8.21. The number of hydrogen-bond donors (Lipinski definition) is 1. The molecule has 0 spiro atoms. The summed E-state index contributed by atoms with van der Waals surface area (Å²) >= 11 is 3.60. The Labute approximate surface area is 159 Å². The fraction of sp³-hybridized carbons (Fsp3) is 0.316. The van der Waals surface area contributed by atoms with E-state index in [1.165, 1.54) is 0 Å². The van der Waals surface area contributed by atoms with Gasteiger partial charge in [0.2, 0.25) is 0 Å². The fourth-order valence-electron chi connectivity index (χ4n) is 3.20. The molecule has 6 nitrogen and oxygen atoms in total. The number of anilines is 1. The van der Waals surface area contributed by atoms with E-state index in [4.69, 9.17) is 10.00 Å². The largest absolute Gasteiger partial charge is 0.381 e. The number of nitriles is 1. The van der Waals surface area contributed by atoms with Gasteiger partial charge >= 0.3 is 0 Å². The minimum atomic E-state index is 0.000568. The maximum Gasteiger partial charge on any atom is 0.101 e. The molecule has 1 saturated heterocycles. The van der Waals surface area contributed by atoms with E-state index in [1.807, 2.05) is 30.5 Å². The molecule has 0 aromatic carbocycles. The first-order valence-electron chi connectivity index (χ1n) is 8.48. The van der Waals surface area contributed by atoms with Gasteiger partial charge in [-0.05, 0) is 60.0 Å². The zero-order valence-electron chi connectivity index (χ0n) is 14.4. The SMILES string of the molecule is CC1(Nc2cc(-c3ccc4cc(C#N)cnn34)ncc2Br)CCOCC1. The van der Waals surface area contributed by atoms with Crippen LogP contribution in [0, 0.1) is 11.3 Å². The van der Waals surface area contributed by atoms with Crippen molar-refractivity contribution in [3.8, 4) is 17.5 Å². The lowest BCUT2D eigenvalue weighted by Crippen LogP contribution is -2.40. The van der Waals surface area contributed by atoms with Crippen LogP contribution in [0.15, 0.2) is 41.1 Å². The van der Waals surface area contributed by atoms with Crippen LogP contribution in [-0.2, 0) is 4.74 Å². The molecule has 7 heteroatoms. The average molecular weight is 412 g/mol. The highest BCUT2D eigenvalue weighted by Crippen LogP contribution is 2.32. The van der Waals surface area contributed by atoms with Gasteiger partial charge in [0.05, 0.1) is 38.8 Å². The zero-order valence-corrected chi connectivity index (χ0v) is 16.0. The Morgan fingerprint density at radius 2 is 2.08 bits per heavy atom. The van der Waals surface area contributed by atoms with Gasteiger partial charge in [0.25, 0.3) is 0 Å². The Balaban J connectivity index is 1.71. The lowest BCUT2D eigenvalue weighted by atomic mass is 9.92. The third-order valence-corrected chi connectivity index (χ3v) is 5.41. The molecule has 0 atom stereocenters. The minimum Gasteiger partial charge on any atom is -0.381 e. The van der Waals surface area contributed by atoms with Crippen molar-refractivity contribution in [3.05, 3.63) is 46.7 Å². The third-order valence-electron chi connectivity index (χ3n) is 4.78. The van der Waals surface area contributed by atoms with Crippen LogP contribution in [0.2, 0.25) is 0 Å². The van der Waals surface area contributed by atoms with Gasteiger partial charge in [0.15, 0.2) is 0 Å². The summed E-state index contributed by atoms with van der Waals surface area (Å²) in [6.45, 7) is 3.76. The Kier molecular flexibility index (Phi) is 4.39. The van der Waals surface area contributed by atoms with Crippen LogP contribution < -0.4 is 5.32 Å². The second-order valence-electron chi connectivity index (χ2n) is 6.76. The van der Waals surface area contributed by atoms with Crippen molar-refractivity contribution in [1.82, 2.24) is 14.6 Å². The van der Waals surface area contributed by atoms with E-state index in [0.717, 1.165) is 53.1 Å². The highest BCUT2D eigenvalue weighted by Gasteiger charge is 2.27. The molecule has 0 amide bonds. The molecule has 1 N–H and O–H groups in total. The second-order valence-corrected chi connectivity index (χ2v) is 7.61. The second kappa shape index (κ2) is 6.71. The van der Waals surface area contributed by atoms with Crippen LogP contribution in [0.1, 0.15) is 25.3 Å². The third kappa shape index (κ3) is 3.18. The van der Waals surface area contributed by atoms with Crippen molar-refractivity contribution < 1.29 is 4.74 Å². The van der Waals surface area contributed by atoms with E-state index >= 15 is 0 Å². The lowest BCUT2D eigenvalue weighted by Gasteiger charge is -2.35. The number of halogens is 1. The molecular formula is C19H18BrN5O. The van der Waals surface area contributed by atoms with Gasteiger partial charge in [-0.1, -0.05) is 0 Å². The smallest absolute Gasteiger partial charge is 0.101 e. The Bertz CT molecular complexity index is 1000. The summed E-state index contributed by atoms with van der Waals surface area (Å²) in [5.74, 6) is 0. The normalized spacial score (nSPS) is 16.3. The molecule has 3 aromatic rings. The van der Waals surface area contributed by atoms with Gasteiger partial charge in [-0.3, -0.25) is 4.98 Å². The van der Waals surface area contributed by atoms with Gasteiger partial charge in [-0.25, -0.2) is 4.52 Å². The van der Waals surface area contributed by atoms with Gasteiger partial charge in [-0.15, -0.1) is 0 Å². The molecule has 1 aliphatic heterocycles. The average Bonchev–Trinajstić information content (AvgIpc) is 3.07. The zero-order chi connectivity index (χ0) is 18.1. The number of aromatic nitrogens is 3. The number of fused-ring (bicyclic) bond motifs is 1. The van der Waals surface area contributed by atoms with E-state index in [1.54, 1.807) is 10.7 Å². The van der Waals surface area contributed by atoms with Crippen molar-refractivity contribution in [1.29, 1.82) is 5.26 Å². The Morgan fingerprint density at radius 3 is 2.85 bits per heavy atom. The molecule has 0 radical (unpaired) electrons. The Hall–Kier alpha value is -2.43. The van der Waals surface area contributed by atoms with Gasteiger partial charge in [-0.2, -0.15) is 10.4 Å². The monoisotopic (exact) mass is 411 g/mol. The summed E-state index contributed by atoms with van der Waals surface area (Å²) in [5.41, 5.74) is 4.12. The standard InChI is InChI=1S/C19H18BrN5O/c1-19(4-6-26-7-5-19)24-16-9-17(22-12-15(16)20)18-3-2-14-8-13(10-21)11-23-25(14)18/h2-3,8-9,11-12H,4-7H2,1H3,(H,22,24). The summed E-state index contributed by atoms with van der Waals surface area (Å²) in [6, 6.07) is 9.88. The molecule has 0 saturated carbocycles. The first-order valence-corrected chi connectivity index (χ1v) is 9.27. The molecule has 26 heavy (non-hydrogen) atoms. The molecule has 132 valence electrons. The van der Waals surface area contributed by atoms with E-state index in [2.05, 4.69) is 44.3 Å². The molecule has 1 fully saturated rings. The Morgan fingerprint density at radius 1 is 1.27 bits per heavy atom. The molecule has 3 aromatic heterocycles. The number of nitrogens with zero attached hydrogens (tertiary/aromatic N) is 4. The number of pyridine rings is 1. The molecule has 0 unspecified atom stereocenters. The first kappa shape index (κ1) is 17.0. The van der Waals surface area contributed by atoms with E-state index in [-0.39, 0.29) is 5.54 Å². The topological polar surface area (TPSA) is 75.2 Å².